The van der Waals surface area contributed by atoms with Crippen molar-refractivity contribution in [3.63, 3.8) is 0 Å². The Kier molecular flexibility index (Phi) is 4.57. The number of nitrogens with two attached hydrogens (primary N) is 1. The fourth-order valence-electron chi connectivity index (χ4n) is 1.96. The van der Waals surface area contributed by atoms with E-state index in [9.17, 15) is 0 Å². The molecule has 0 aromatic heterocycles. The topological polar surface area (TPSA) is 44.5 Å². The molecule has 1 aliphatic heterocycles. The zero-order chi connectivity index (χ0) is 12.1. The van der Waals surface area contributed by atoms with Crippen LogP contribution in [0.3, 0.4) is 0 Å². The van der Waals surface area contributed by atoms with Gasteiger partial charge in [0, 0.05) is 35.5 Å². The van der Waals surface area contributed by atoms with Crippen molar-refractivity contribution in [2.75, 3.05) is 26.1 Å². The first-order valence-corrected chi connectivity index (χ1v) is 6.96. The molecule has 2 rings (SSSR count). The molecule has 1 aromatic carbocycles. The van der Waals surface area contributed by atoms with Crippen molar-refractivity contribution < 1.29 is 9.47 Å². The van der Waals surface area contributed by atoms with E-state index in [4.69, 9.17) is 15.2 Å². The molecule has 0 aliphatic carbocycles. The van der Waals surface area contributed by atoms with E-state index in [-0.39, 0.29) is 0 Å². The Morgan fingerprint density at radius 1 is 1.41 bits per heavy atom. The average Bonchev–Trinajstić information content (AvgIpc) is 2.38. The molecule has 0 atom stereocenters. The lowest BCUT2D eigenvalue weighted by atomic mass is 10.2. The first kappa shape index (κ1) is 12.6. The minimum Gasteiger partial charge on any atom is -0.496 e. The molecule has 1 fully saturated rings. The van der Waals surface area contributed by atoms with Gasteiger partial charge in [0.25, 0.3) is 0 Å². The lowest BCUT2D eigenvalue weighted by Gasteiger charge is -2.21. The van der Waals surface area contributed by atoms with Crippen LogP contribution in [0.15, 0.2) is 18.2 Å². The van der Waals surface area contributed by atoms with Crippen molar-refractivity contribution >= 4 is 17.4 Å². The third kappa shape index (κ3) is 3.54. The Labute approximate surface area is 107 Å². The third-order valence-corrected chi connectivity index (χ3v) is 4.37. The molecule has 0 amide bonds. The van der Waals surface area contributed by atoms with Gasteiger partial charge in [-0.2, -0.15) is 11.8 Å². The number of thioether (sulfide) groups is 1. The molecule has 0 spiro atoms. The summed E-state index contributed by atoms with van der Waals surface area (Å²) in [6.45, 7) is 1.79. The highest BCUT2D eigenvalue weighted by atomic mass is 32.2. The summed E-state index contributed by atoms with van der Waals surface area (Å²) in [7, 11) is 1.70. The van der Waals surface area contributed by atoms with Crippen LogP contribution < -0.4 is 10.5 Å². The fourth-order valence-corrected chi connectivity index (χ4v) is 3.13. The first-order chi connectivity index (χ1) is 8.29. The summed E-state index contributed by atoms with van der Waals surface area (Å²) in [6, 6.07) is 5.82. The number of ether oxygens (including phenoxy) is 2. The predicted octanol–water partition coefficient (Wildman–Crippen LogP) is 2.69. The highest BCUT2D eigenvalue weighted by molar-refractivity contribution is 7.99. The second kappa shape index (κ2) is 6.17. The molecule has 0 unspecified atom stereocenters. The van der Waals surface area contributed by atoms with Gasteiger partial charge in [-0.05, 0) is 31.0 Å². The van der Waals surface area contributed by atoms with E-state index in [2.05, 4.69) is 0 Å². The molecule has 0 radical (unpaired) electrons. The average molecular weight is 253 g/mol. The number of anilines is 1. The van der Waals surface area contributed by atoms with Gasteiger partial charge >= 0.3 is 0 Å². The maximum atomic E-state index is 5.81. The maximum Gasteiger partial charge on any atom is 0.123 e. The SMILES string of the molecule is COc1ccc(N)cc1CSC1CCOCC1. The molecule has 1 saturated heterocycles. The van der Waals surface area contributed by atoms with Crippen LogP contribution in [-0.2, 0) is 10.5 Å². The van der Waals surface area contributed by atoms with Crippen molar-refractivity contribution in [2.45, 2.75) is 23.8 Å². The molecule has 0 bridgehead atoms. The van der Waals surface area contributed by atoms with Crippen molar-refractivity contribution in [3.05, 3.63) is 23.8 Å². The monoisotopic (exact) mass is 253 g/mol. The minimum atomic E-state index is 0.704. The molecule has 3 nitrogen and oxygen atoms in total. The van der Waals surface area contributed by atoms with Gasteiger partial charge in [0.2, 0.25) is 0 Å². The third-order valence-electron chi connectivity index (χ3n) is 2.95. The van der Waals surface area contributed by atoms with Gasteiger partial charge < -0.3 is 15.2 Å². The van der Waals surface area contributed by atoms with Crippen LogP contribution in [0, 0.1) is 0 Å². The second-order valence-corrected chi connectivity index (χ2v) is 5.48. The number of nitrogen functional groups attached to an aromatic ring is 1. The van der Waals surface area contributed by atoms with Gasteiger partial charge in [0.1, 0.15) is 5.75 Å². The van der Waals surface area contributed by atoms with Gasteiger partial charge in [-0.25, -0.2) is 0 Å². The van der Waals surface area contributed by atoms with Gasteiger partial charge in [-0.15, -0.1) is 0 Å². The summed E-state index contributed by atoms with van der Waals surface area (Å²) >= 11 is 1.97. The fraction of sp³-hybridized carbons (Fsp3) is 0.538. The lowest BCUT2D eigenvalue weighted by Crippen LogP contribution is -2.17. The molecular weight excluding hydrogens is 234 g/mol. The van der Waals surface area contributed by atoms with E-state index in [1.165, 1.54) is 5.56 Å². The van der Waals surface area contributed by atoms with Gasteiger partial charge in [0.05, 0.1) is 7.11 Å². The van der Waals surface area contributed by atoms with Crippen LogP contribution in [0.2, 0.25) is 0 Å². The smallest absolute Gasteiger partial charge is 0.123 e. The Balaban J connectivity index is 1.95. The number of hydrogen-bond donors (Lipinski definition) is 1. The highest BCUT2D eigenvalue weighted by Crippen LogP contribution is 2.30. The van der Waals surface area contributed by atoms with E-state index >= 15 is 0 Å². The van der Waals surface area contributed by atoms with Crippen molar-refractivity contribution in [1.29, 1.82) is 0 Å². The quantitative estimate of drug-likeness (QED) is 0.838. The largest absolute Gasteiger partial charge is 0.496 e. The van der Waals surface area contributed by atoms with E-state index in [0.717, 1.165) is 43.2 Å². The Bertz CT molecular complexity index is 364. The number of methoxy groups -OCH3 is 1. The zero-order valence-corrected chi connectivity index (χ0v) is 11.0. The van der Waals surface area contributed by atoms with E-state index in [1.807, 2.05) is 30.0 Å². The molecule has 1 aliphatic rings. The molecule has 94 valence electrons. The van der Waals surface area contributed by atoms with Gasteiger partial charge in [-0.3, -0.25) is 0 Å². The summed E-state index contributed by atoms with van der Waals surface area (Å²) in [5.74, 6) is 1.89. The van der Waals surface area contributed by atoms with Crippen molar-refractivity contribution in [2.24, 2.45) is 0 Å². The van der Waals surface area contributed by atoms with E-state index < -0.39 is 0 Å². The molecule has 1 heterocycles. The first-order valence-electron chi connectivity index (χ1n) is 5.91. The number of rotatable bonds is 4. The minimum absolute atomic E-state index is 0.704. The zero-order valence-electron chi connectivity index (χ0n) is 10.1. The molecular formula is C13H19NO2S. The highest BCUT2D eigenvalue weighted by Gasteiger charge is 2.15. The van der Waals surface area contributed by atoms with Crippen molar-refractivity contribution in [1.82, 2.24) is 0 Å². The van der Waals surface area contributed by atoms with Gasteiger partial charge in [0.15, 0.2) is 0 Å². The molecule has 0 saturated carbocycles. The Hall–Kier alpha value is -0.870. The van der Waals surface area contributed by atoms with Crippen LogP contribution in [0.5, 0.6) is 5.75 Å². The van der Waals surface area contributed by atoms with E-state index in [1.54, 1.807) is 7.11 Å². The molecule has 2 N–H and O–H groups in total. The van der Waals surface area contributed by atoms with Gasteiger partial charge in [-0.1, -0.05) is 0 Å². The predicted molar refractivity (Wildman–Crippen MR) is 72.5 cm³/mol. The lowest BCUT2D eigenvalue weighted by molar-refractivity contribution is 0.1000. The normalized spacial score (nSPS) is 17.0. The number of benzene rings is 1. The summed E-state index contributed by atoms with van der Waals surface area (Å²) in [5, 5.41) is 0.704. The summed E-state index contributed by atoms with van der Waals surface area (Å²) in [4.78, 5) is 0. The molecule has 4 heteroatoms. The molecule has 1 aromatic rings. The number of hydrogen-bond acceptors (Lipinski definition) is 4. The Morgan fingerprint density at radius 3 is 2.88 bits per heavy atom. The van der Waals surface area contributed by atoms with Crippen molar-refractivity contribution in [3.8, 4) is 5.75 Å². The van der Waals surface area contributed by atoms with Crippen LogP contribution >= 0.6 is 11.8 Å². The van der Waals surface area contributed by atoms with Crippen LogP contribution in [0.25, 0.3) is 0 Å². The standard InChI is InChI=1S/C13H19NO2S/c1-15-13-3-2-11(14)8-10(13)9-17-12-4-6-16-7-5-12/h2-3,8,12H,4-7,9,14H2,1H3. The summed E-state index contributed by atoms with van der Waals surface area (Å²) in [5.41, 5.74) is 7.79. The van der Waals surface area contributed by atoms with Crippen LogP contribution in [0.4, 0.5) is 5.69 Å². The van der Waals surface area contributed by atoms with E-state index in [0.29, 0.717) is 5.25 Å². The molecule has 17 heavy (non-hydrogen) atoms. The van der Waals surface area contributed by atoms with Crippen LogP contribution in [-0.4, -0.2) is 25.6 Å². The second-order valence-electron chi connectivity index (χ2n) is 4.19. The Morgan fingerprint density at radius 2 is 2.18 bits per heavy atom. The summed E-state index contributed by atoms with van der Waals surface area (Å²) < 4.78 is 10.7. The summed E-state index contributed by atoms with van der Waals surface area (Å²) in [6.07, 6.45) is 2.30. The maximum absolute atomic E-state index is 5.81. The van der Waals surface area contributed by atoms with Crippen LogP contribution in [0.1, 0.15) is 18.4 Å².